The van der Waals surface area contributed by atoms with Gasteiger partial charge in [0, 0.05) is 51.2 Å². The average Bonchev–Trinajstić information content (AvgIpc) is 3.55. The summed E-state index contributed by atoms with van der Waals surface area (Å²) in [7, 11) is 0. The Balaban J connectivity index is 1.51. The molecule has 3 saturated carbocycles. The highest BCUT2D eigenvalue weighted by atomic mass is 16.6. The number of ether oxygens (including phenoxy) is 3. The maximum atomic E-state index is 13.3. The van der Waals surface area contributed by atoms with Crippen molar-refractivity contribution >= 4 is 11.9 Å². The number of aliphatic hydroxyl groups excluding tert-OH is 2. The molecule has 11 atom stereocenters. The molecule has 0 unspecified atom stereocenters. The van der Waals surface area contributed by atoms with E-state index >= 15 is 0 Å². The number of hydrogen-bond acceptors (Lipinski definition) is 8. The molecule has 6 rings (SSSR count). The van der Waals surface area contributed by atoms with Gasteiger partial charge in [0.2, 0.25) is 0 Å². The van der Waals surface area contributed by atoms with Crippen molar-refractivity contribution in [2.45, 2.75) is 98.2 Å². The summed E-state index contributed by atoms with van der Waals surface area (Å²) in [6, 6.07) is 1.82. The smallest absolute Gasteiger partial charge is 0.333 e. The quantitative estimate of drug-likeness (QED) is 0.410. The van der Waals surface area contributed by atoms with E-state index in [-0.39, 0.29) is 17.8 Å². The van der Waals surface area contributed by atoms with Gasteiger partial charge in [-0.1, -0.05) is 33.3 Å². The van der Waals surface area contributed by atoms with Gasteiger partial charge in [0.15, 0.2) is 0 Å². The minimum atomic E-state index is -0.930. The van der Waals surface area contributed by atoms with Crippen molar-refractivity contribution in [2.24, 2.45) is 33.5 Å². The fourth-order valence-corrected chi connectivity index (χ4v) is 9.64. The Hall–Kier alpha value is -2.42. The molecule has 1 aromatic heterocycles. The molecule has 218 valence electrons. The first-order valence-corrected chi connectivity index (χ1v) is 14.5. The standard InChI is InChI=1S/C32H42O8/c1-16(2)17(3)28(36)39-22-13-21(33)30(5)15-38-24-25(30)32(22,7)19-8-10-29(4)20(31(19,6)26(24)35)12-23(34)40-27(29)18-9-11-37-14-18/h9,11-12,14,19,21-22,24-27,33,35H,8,10,13,15H2,1-7H3/t19-,21-,22+,24+,25+,26-,27+,29-,30-,31+,32+/m1/s1. The number of cyclic esters (lactones) is 1. The van der Waals surface area contributed by atoms with Gasteiger partial charge in [-0.3, -0.25) is 0 Å². The van der Waals surface area contributed by atoms with Gasteiger partial charge < -0.3 is 28.8 Å². The Morgan fingerprint density at radius 3 is 2.50 bits per heavy atom. The molecule has 0 amide bonds. The fraction of sp³-hybridized carbons (Fsp3) is 0.688. The van der Waals surface area contributed by atoms with Crippen molar-refractivity contribution in [1.82, 2.24) is 0 Å². The molecule has 0 radical (unpaired) electrons. The van der Waals surface area contributed by atoms with Crippen LogP contribution in [0.4, 0.5) is 0 Å². The molecule has 0 spiro atoms. The van der Waals surface area contributed by atoms with E-state index in [9.17, 15) is 19.8 Å². The molecule has 3 aliphatic carbocycles. The number of esters is 2. The molecule has 5 aliphatic rings. The minimum Gasteiger partial charge on any atom is -0.472 e. The number of rotatable bonds is 3. The van der Waals surface area contributed by atoms with Crippen LogP contribution in [-0.2, 0) is 23.8 Å². The zero-order valence-corrected chi connectivity index (χ0v) is 24.5. The summed E-state index contributed by atoms with van der Waals surface area (Å²) in [5.74, 6) is -1.22. The summed E-state index contributed by atoms with van der Waals surface area (Å²) in [6.45, 7) is 14.2. The van der Waals surface area contributed by atoms with E-state index in [1.807, 2.05) is 33.8 Å². The predicted octanol–water partition coefficient (Wildman–Crippen LogP) is 4.66. The van der Waals surface area contributed by atoms with Gasteiger partial charge in [0.05, 0.1) is 37.4 Å². The minimum absolute atomic E-state index is 0.148. The van der Waals surface area contributed by atoms with Gasteiger partial charge in [-0.05, 0) is 51.2 Å². The first-order chi connectivity index (χ1) is 18.7. The van der Waals surface area contributed by atoms with Crippen LogP contribution in [0.5, 0.6) is 0 Å². The highest BCUT2D eigenvalue weighted by Crippen LogP contribution is 2.74. The summed E-state index contributed by atoms with van der Waals surface area (Å²) in [6.07, 6.45) is 3.07. The molecule has 1 saturated heterocycles. The molecule has 0 bridgehead atoms. The number of allylic oxidation sites excluding steroid dienone is 1. The van der Waals surface area contributed by atoms with Crippen molar-refractivity contribution in [3.63, 3.8) is 0 Å². The molecular weight excluding hydrogens is 512 g/mol. The molecule has 2 aliphatic heterocycles. The Labute approximate surface area is 235 Å². The Morgan fingerprint density at radius 2 is 1.85 bits per heavy atom. The number of carbonyl (C=O) groups is 2. The lowest BCUT2D eigenvalue weighted by Gasteiger charge is -2.69. The molecule has 1 aromatic rings. The number of aliphatic hydroxyl groups is 2. The third-order valence-electron chi connectivity index (χ3n) is 12.0. The van der Waals surface area contributed by atoms with E-state index in [1.54, 1.807) is 25.5 Å². The van der Waals surface area contributed by atoms with Crippen LogP contribution in [0, 0.1) is 33.5 Å². The van der Waals surface area contributed by atoms with Crippen molar-refractivity contribution in [2.75, 3.05) is 6.61 Å². The highest BCUT2D eigenvalue weighted by molar-refractivity contribution is 5.88. The van der Waals surface area contributed by atoms with E-state index in [0.717, 1.165) is 23.1 Å². The van der Waals surface area contributed by atoms with Crippen molar-refractivity contribution < 1.29 is 38.4 Å². The van der Waals surface area contributed by atoms with Gasteiger partial charge in [0.1, 0.15) is 12.2 Å². The monoisotopic (exact) mass is 554 g/mol. The first-order valence-electron chi connectivity index (χ1n) is 14.5. The second-order valence-electron chi connectivity index (χ2n) is 14.1. The van der Waals surface area contributed by atoms with Gasteiger partial charge in [-0.15, -0.1) is 0 Å². The maximum Gasteiger partial charge on any atom is 0.333 e. The van der Waals surface area contributed by atoms with Crippen LogP contribution in [0.3, 0.4) is 0 Å². The lowest BCUT2D eigenvalue weighted by atomic mass is 9.36. The van der Waals surface area contributed by atoms with Crippen molar-refractivity contribution in [3.8, 4) is 0 Å². The normalized spacial score (nSPS) is 47.3. The van der Waals surface area contributed by atoms with Crippen LogP contribution in [0.15, 0.2) is 45.8 Å². The van der Waals surface area contributed by atoms with Crippen molar-refractivity contribution in [1.29, 1.82) is 0 Å². The predicted molar refractivity (Wildman–Crippen MR) is 145 cm³/mol. The van der Waals surface area contributed by atoms with Crippen LogP contribution >= 0.6 is 0 Å². The van der Waals surface area contributed by atoms with Gasteiger partial charge in [-0.25, -0.2) is 9.59 Å². The summed E-state index contributed by atoms with van der Waals surface area (Å²) >= 11 is 0. The second kappa shape index (κ2) is 8.79. The molecule has 3 heterocycles. The largest absolute Gasteiger partial charge is 0.472 e. The van der Waals surface area contributed by atoms with Crippen LogP contribution in [0.25, 0.3) is 0 Å². The maximum absolute atomic E-state index is 13.3. The Morgan fingerprint density at radius 1 is 1.12 bits per heavy atom. The molecule has 4 fully saturated rings. The van der Waals surface area contributed by atoms with E-state index in [2.05, 4.69) is 13.8 Å². The molecular formula is C32H42O8. The Kier molecular flexibility index (Phi) is 6.10. The highest BCUT2D eigenvalue weighted by Gasteiger charge is 2.77. The number of fused-ring (bicyclic) bond motifs is 4. The summed E-state index contributed by atoms with van der Waals surface area (Å²) in [5, 5.41) is 23.7. The van der Waals surface area contributed by atoms with E-state index in [1.165, 1.54) is 0 Å². The summed E-state index contributed by atoms with van der Waals surface area (Å²) < 4.78 is 24.0. The first kappa shape index (κ1) is 27.7. The average molecular weight is 555 g/mol. The molecule has 8 heteroatoms. The summed E-state index contributed by atoms with van der Waals surface area (Å²) in [5.41, 5.74) is 0.397. The lowest BCUT2D eigenvalue weighted by Crippen LogP contribution is -2.73. The number of furan rings is 1. The Bertz CT molecular complexity index is 1290. The fourth-order valence-electron chi connectivity index (χ4n) is 9.64. The third kappa shape index (κ3) is 3.36. The molecule has 2 N–H and O–H groups in total. The third-order valence-corrected chi connectivity index (χ3v) is 12.0. The van der Waals surface area contributed by atoms with Crippen LogP contribution in [0.2, 0.25) is 0 Å². The van der Waals surface area contributed by atoms with Crippen molar-refractivity contribution in [3.05, 3.63) is 47.0 Å². The number of carbonyl (C=O) groups excluding carboxylic acids is 2. The zero-order chi connectivity index (χ0) is 29.0. The van der Waals surface area contributed by atoms with E-state index in [0.29, 0.717) is 25.0 Å². The zero-order valence-electron chi connectivity index (χ0n) is 24.5. The molecule has 0 aromatic carbocycles. The lowest BCUT2D eigenvalue weighted by molar-refractivity contribution is -0.263. The molecule has 40 heavy (non-hydrogen) atoms. The van der Waals surface area contributed by atoms with Crippen LogP contribution in [0.1, 0.15) is 79.4 Å². The van der Waals surface area contributed by atoms with Gasteiger partial charge in [0.25, 0.3) is 0 Å². The summed E-state index contributed by atoms with van der Waals surface area (Å²) in [4.78, 5) is 26.4. The van der Waals surface area contributed by atoms with E-state index in [4.69, 9.17) is 18.6 Å². The van der Waals surface area contributed by atoms with E-state index < -0.39 is 58.1 Å². The van der Waals surface area contributed by atoms with Crippen LogP contribution in [-0.4, -0.2) is 53.2 Å². The topological polar surface area (TPSA) is 115 Å². The van der Waals surface area contributed by atoms with Gasteiger partial charge >= 0.3 is 11.9 Å². The number of hydrogen-bond donors (Lipinski definition) is 2. The molecule has 8 nitrogen and oxygen atoms in total. The SMILES string of the molecule is CC(C)=C(C)C(=O)O[C@H]1C[C@@H](O)[C@@]2(C)CO[C@@H]3[C@@H](O)[C@]4(C)C5=CC(=O)O[C@@H](c6ccoc6)[C@]5(C)CC[C@H]4[C@]1(C)[C@@H]32. The van der Waals surface area contributed by atoms with Crippen LogP contribution < -0.4 is 0 Å². The van der Waals surface area contributed by atoms with Gasteiger partial charge in [-0.2, -0.15) is 0 Å². The second-order valence-corrected chi connectivity index (χ2v) is 14.1.